The Morgan fingerprint density at radius 3 is 2.42 bits per heavy atom. The highest BCUT2D eigenvalue weighted by Gasteiger charge is 2.23. The molecule has 1 heterocycles. The van der Waals surface area contributed by atoms with Gasteiger partial charge in [-0.1, -0.05) is 12.1 Å². The molecule has 0 amide bonds. The summed E-state index contributed by atoms with van der Waals surface area (Å²) < 4.78 is 5.14. The van der Waals surface area contributed by atoms with E-state index in [0.717, 1.165) is 21.8 Å². The van der Waals surface area contributed by atoms with Crippen molar-refractivity contribution in [3.8, 4) is 5.75 Å². The van der Waals surface area contributed by atoms with Crippen LogP contribution in [0.15, 0.2) is 35.7 Å². The Hall–Kier alpha value is -1.36. The first-order chi connectivity index (χ1) is 9.17. The van der Waals surface area contributed by atoms with Crippen molar-refractivity contribution >= 4 is 11.3 Å². The van der Waals surface area contributed by atoms with Gasteiger partial charge in [0.2, 0.25) is 0 Å². The molecule has 0 saturated heterocycles. The van der Waals surface area contributed by atoms with Crippen LogP contribution in [0, 0.1) is 6.92 Å². The lowest BCUT2D eigenvalue weighted by atomic mass is 9.91. The molecular formula is C15H19NO2S. The normalized spacial score (nSPS) is 14.1. The van der Waals surface area contributed by atoms with Crippen molar-refractivity contribution in [3.05, 3.63) is 51.7 Å². The molecule has 2 aromatic rings. The van der Waals surface area contributed by atoms with Crippen LogP contribution in [0.1, 0.15) is 28.0 Å². The third kappa shape index (κ3) is 2.97. The highest BCUT2D eigenvalue weighted by Crippen LogP contribution is 2.35. The molecule has 102 valence electrons. The third-order valence-corrected chi connectivity index (χ3v) is 4.44. The number of aliphatic hydroxyl groups excluding tert-OH is 1. The van der Waals surface area contributed by atoms with E-state index in [1.54, 1.807) is 18.4 Å². The van der Waals surface area contributed by atoms with Crippen LogP contribution in [-0.4, -0.2) is 18.8 Å². The van der Waals surface area contributed by atoms with Crippen LogP contribution in [-0.2, 0) is 0 Å². The average molecular weight is 277 g/mol. The third-order valence-electron chi connectivity index (χ3n) is 3.35. The fourth-order valence-electron chi connectivity index (χ4n) is 2.17. The Bertz CT molecular complexity index is 521. The number of aliphatic hydroxyl groups is 1. The predicted molar refractivity (Wildman–Crippen MR) is 78.8 cm³/mol. The molecule has 19 heavy (non-hydrogen) atoms. The fourth-order valence-corrected chi connectivity index (χ4v) is 3.14. The van der Waals surface area contributed by atoms with Gasteiger partial charge in [-0.3, -0.25) is 0 Å². The van der Waals surface area contributed by atoms with Gasteiger partial charge in [-0.2, -0.15) is 0 Å². The highest BCUT2D eigenvalue weighted by atomic mass is 32.1. The van der Waals surface area contributed by atoms with Gasteiger partial charge in [0.25, 0.3) is 0 Å². The van der Waals surface area contributed by atoms with Crippen molar-refractivity contribution in [2.24, 2.45) is 5.73 Å². The van der Waals surface area contributed by atoms with Gasteiger partial charge >= 0.3 is 0 Å². The van der Waals surface area contributed by atoms with E-state index in [9.17, 15) is 5.11 Å². The van der Waals surface area contributed by atoms with Gasteiger partial charge in [0.1, 0.15) is 5.75 Å². The highest BCUT2D eigenvalue weighted by molar-refractivity contribution is 7.10. The monoisotopic (exact) mass is 277 g/mol. The van der Waals surface area contributed by atoms with Crippen LogP contribution in [0.25, 0.3) is 0 Å². The number of methoxy groups -OCH3 is 1. The lowest BCUT2D eigenvalue weighted by Gasteiger charge is -2.22. The summed E-state index contributed by atoms with van der Waals surface area (Å²) in [4.78, 5) is 0.992. The predicted octanol–water partition coefficient (Wildman–Crippen LogP) is 2.84. The van der Waals surface area contributed by atoms with Crippen LogP contribution in [0.2, 0.25) is 0 Å². The molecule has 3 nitrogen and oxygen atoms in total. The second kappa shape index (κ2) is 6.19. The van der Waals surface area contributed by atoms with Gasteiger partial charge in [-0.05, 0) is 41.6 Å². The molecule has 0 radical (unpaired) electrons. The zero-order valence-electron chi connectivity index (χ0n) is 11.2. The Kier molecular flexibility index (Phi) is 4.58. The maximum Gasteiger partial charge on any atom is 0.118 e. The average Bonchev–Trinajstić information content (AvgIpc) is 2.86. The van der Waals surface area contributed by atoms with Crippen molar-refractivity contribution < 1.29 is 9.84 Å². The van der Waals surface area contributed by atoms with Gasteiger partial charge in [0, 0.05) is 17.3 Å². The maximum atomic E-state index is 10.5. The van der Waals surface area contributed by atoms with E-state index in [2.05, 4.69) is 0 Å². The molecule has 2 rings (SSSR count). The first-order valence-corrected chi connectivity index (χ1v) is 7.11. The molecule has 2 atom stereocenters. The van der Waals surface area contributed by atoms with Crippen LogP contribution in [0.3, 0.4) is 0 Å². The van der Waals surface area contributed by atoms with Crippen molar-refractivity contribution in [3.63, 3.8) is 0 Å². The second-order valence-electron chi connectivity index (χ2n) is 4.53. The van der Waals surface area contributed by atoms with Crippen LogP contribution < -0.4 is 10.5 Å². The number of hydrogen-bond donors (Lipinski definition) is 2. The number of ether oxygens (including phenoxy) is 1. The van der Waals surface area contributed by atoms with Gasteiger partial charge < -0.3 is 15.6 Å². The van der Waals surface area contributed by atoms with Crippen LogP contribution in [0.4, 0.5) is 0 Å². The summed E-state index contributed by atoms with van der Waals surface area (Å²) in [7, 11) is 1.64. The molecule has 0 aliphatic carbocycles. The number of nitrogens with two attached hydrogens (primary N) is 1. The van der Waals surface area contributed by atoms with Gasteiger partial charge in [0.05, 0.1) is 13.2 Å². The summed E-state index contributed by atoms with van der Waals surface area (Å²) in [5.41, 5.74) is 7.99. The fraction of sp³-hybridized carbons (Fsp3) is 0.333. The molecule has 2 unspecified atom stereocenters. The molecule has 1 aromatic carbocycles. The summed E-state index contributed by atoms with van der Waals surface area (Å²) in [6, 6.07) is 9.73. The van der Waals surface area contributed by atoms with Crippen molar-refractivity contribution in [2.75, 3.05) is 13.7 Å². The van der Waals surface area contributed by atoms with E-state index in [1.165, 1.54) is 0 Å². The quantitative estimate of drug-likeness (QED) is 0.883. The van der Waals surface area contributed by atoms with Gasteiger partial charge in [-0.25, -0.2) is 0 Å². The lowest BCUT2D eigenvalue weighted by molar-refractivity contribution is 0.150. The zero-order chi connectivity index (χ0) is 13.8. The molecule has 3 N–H and O–H groups in total. The minimum absolute atomic E-state index is 0.0942. The smallest absolute Gasteiger partial charge is 0.118 e. The largest absolute Gasteiger partial charge is 0.497 e. The molecule has 0 aliphatic rings. The zero-order valence-corrected chi connectivity index (χ0v) is 12.0. The molecule has 0 saturated carbocycles. The summed E-state index contributed by atoms with van der Waals surface area (Å²) in [5.74, 6) is 0.713. The summed E-state index contributed by atoms with van der Waals surface area (Å²) in [6.07, 6.45) is -0.557. The maximum absolute atomic E-state index is 10.5. The minimum Gasteiger partial charge on any atom is -0.497 e. The SMILES string of the molecule is COc1ccc(C(CN)C(O)c2sccc2C)cc1. The minimum atomic E-state index is -0.557. The molecule has 1 aromatic heterocycles. The molecule has 0 fully saturated rings. The molecule has 0 aliphatic heterocycles. The Balaban J connectivity index is 2.26. The van der Waals surface area contributed by atoms with Gasteiger partial charge in [0.15, 0.2) is 0 Å². The number of benzene rings is 1. The number of rotatable bonds is 5. The Morgan fingerprint density at radius 1 is 1.26 bits per heavy atom. The molecule has 0 bridgehead atoms. The number of aryl methyl sites for hydroxylation is 1. The number of hydrogen-bond acceptors (Lipinski definition) is 4. The van der Waals surface area contributed by atoms with Crippen molar-refractivity contribution in [1.29, 1.82) is 0 Å². The first kappa shape index (κ1) is 14.1. The molecule has 0 spiro atoms. The standard InChI is InChI=1S/C15H19NO2S/c1-10-7-8-19-15(10)14(17)13(9-16)11-3-5-12(18-2)6-4-11/h3-8,13-14,17H,9,16H2,1-2H3. The van der Waals surface area contributed by atoms with Gasteiger partial charge in [-0.15, -0.1) is 11.3 Å². The van der Waals surface area contributed by atoms with E-state index >= 15 is 0 Å². The van der Waals surface area contributed by atoms with Crippen molar-refractivity contribution in [2.45, 2.75) is 18.9 Å². The summed E-state index contributed by atoms with van der Waals surface area (Å²) in [5, 5.41) is 12.5. The van der Waals surface area contributed by atoms with E-state index in [1.807, 2.05) is 42.6 Å². The van der Waals surface area contributed by atoms with E-state index in [0.29, 0.717) is 6.54 Å². The molecular weight excluding hydrogens is 258 g/mol. The Labute approximate surface area is 117 Å². The van der Waals surface area contributed by atoms with Crippen molar-refractivity contribution in [1.82, 2.24) is 0 Å². The van der Waals surface area contributed by atoms with Crippen LogP contribution in [0.5, 0.6) is 5.75 Å². The second-order valence-corrected chi connectivity index (χ2v) is 5.48. The van der Waals surface area contributed by atoms with E-state index in [-0.39, 0.29) is 5.92 Å². The lowest BCUT2D eigenvalue weighted by Crippen LogP contribution is -2.20. The Morgan fingerprint density at radius 2 is 1.95 bits per heavy atom. The summed E-state index contributed by atoms with van der Waals surface area (Å²) >= 11 is 1.57. The first-order valence-electron chi connectivity index (χ1n) is 6.23. The van der Waals surface area contributed by atoms with E-state index in [4.69, 9.17) is 10.5 Å². The summed E-state index contributed by atoms with van der Waals surface area (Å²) in [6.45, 7) is 2.42. The van der Waals surface area contributed by atoms with Crippen LogP contribution >= 0.6 is 11.3 Å². The number of thiophene rings is 1. The topological polar surface area (TPSA) is 55.5 Å². The van der Waals surface area contributed by atoms with E-state index < -0.39 is 6.10 Å². The molecule has 4 heteroatoms.